The Hall–Kier alpha value is -1.19. The Morgan fingerprint density at radius 2 is 1.77 bits per heavy atom. The molecule has 0 aliphatic carbocycles. The van der Waals surface area contributed by atoms with Gasteiger partial charge in [0.15, 0.2) is 5.60 Å². The lowest BCUT2D eigenvalue weighted by atomic mass is 10.1. The van der Waals surface area contributed by atoms with Gasteiger partial charge in [0.2, 0.25) is 0 Å². The molecular weight excluding hydrogens is 561 g/mol. The van der Waals surface area contributed by atoms with Gasteiger partial charge in [0.1, 0.15) is 23.3 Å². The number of methoxy groups -OCH3 is 1. The Labute approximate surface area is 240 Å². The summed E-state index contributed by atoms with van der Waals surface area (Å²) in [7, 11) is 0.211. The third-order valence-corrected chi connectivity index (χ3v) is 9.78. The van der Waals surface area contributed by atoms with Crippen molar-refractivity contribution in [2.45, 2.75) is 109 Å². The lowest BCUT2D eigenvalue weighted by molar-refractivity contribution is -0.277. The number of hydrogen-bond donors (Lipinski definition) is 2. The standard InChI is InChI=1S/C27H47F3N4O4SSi/c1-18(38-26(5,6)27(28,29)30)23(33-39(35)25(2,3)4)24-32-21-15-19(20(31)16-36-7)11-12-22(21)34(24)17-37-13-14-40(8,9)10/h11-12,15,18,20,23,33H,13-14,16-17,31H2,1-10H3/t18-,20-,23+,39?/m1/s1. The number of nitrogens with zero attached hydrogens (tertiary/aromatic N) is 2. The number of nitrogens with one attached hydrogen (secondary N) is 1. The molecule has 4 atom stereocenters. The first-order valence-corrected chi connectivity index (χ1v) is 18.3. The highest BCUT2D eigenvalue weighted by atomic mass is 32.2. The van der Waals surface area contributed by atoms with Crippen LogP contribution < -0.4 is 10.5 Å². The summed E-state index contributed by atoms with van der Waals surface area (Å²) >= 11 is -1.64. The molecule has 0 amide bonds. The molecule has 0 aliphatic heterocycles. The van der Waals surface area contributed by atoms with E-state index in [-0.39, 0.29) is 12.8 Å². The van der Waals surface area contributed by atoms with Gasteiger partial charge in [0.05, 0.1) is 29.8 Å². The van der Waals surface area contributed by atoms with Gasteiger partial charge in [-0.1, -0.05) is 25.7 Å². The number of fused-ring (bicyclic) bond motifs is 1. The molecule has 2 aromatic rings. The summed E-state index contributed by atoms with van der Waals surface area (Å²) < 4.78 is 75.6. The number of ether oxygens (including phenoxy) is 3. The van der Waals surface area contributed by atoms with E-state index in [2.05, 4.69) is 24.4 Å². The maximum atomic E-state index is 13.8. The van der Waals surface area contributed by atoms with E-state index in [1.54, 1.807) is 27.9 Å². The Morgan fingerprint density at radius 3 is 2.30 bits per heavy atom. The molecule has 0 saturated heterocycles. The van der Waals surface area contributed by atoms with E-state index in [0.29, 0.717) is 30.1 Å². The second kappa shape index (κ2) is 13.4. The van der Waals surface area contributed by atoms with Crippen molar-refractivity contribution in [3.8, 4) is 0 Å². The summed E-state index contributed by atoms with van der Waals surface area (Å²) in [5, 5.41) is 0. The smallest absolute Gasteiger partial charge is 0.416 e. The molecular formula is C27H47F3N4O4SSi. The molecule has 1 aromatic heterocycles. The summed E-state index contributed by atoms with van der Waals surface area (Å²) in [5.74, 6) is 0.364. The van der Waals surface area contributed by atoms with Crippen molar-refractivity contribution >= 4 is 30.5 Å². The first-order valence-electron chi connectivity index (χ1n) is 13.4. The van der Waals surface area contributed by atoms with Crippen LogP contribution in [0.25, 0.3) is 11.0 Å². The van der Waals surface area contributed by atoms with Crippen molar-refractivity contribution in [2.24, 2.45) is 5.73 Å². The van der Waals surface area contributed by atoms with Crippen molar-refractivity contribution < 1.29 is 31.9 Å². The lowest BCUT2D eigenvalue weighted by Crippen LogP contribution is -2.50. The third-order valence-electron chi connectivity index (χ3n) is 6.49. The van der Waals surface area contributed by atoms with Crippen molar-refractivity contribution in [3.63, 3.8) is 0 Å². The van der Waals surface area contributed by atoms with Crippen LogP contribution in [-0.2, 0) is 32.3 Å². The SMILES string of the molecule is COC[C@@H](N)c1ccc2c(c1)nc([C@@H](N[S+]([O-])C(C)(C)C)[C@@H](C)OC(C)(C)C(F)(F)F)n2COCC[Si](C)(C)C. The van der Waals surface area contributed by atoms with Gasteiger partial charge >= 0.3 is 6.18 Å². The van der Waals surface area contributed by atoms with Gasteiger partial charge in [-0.2, -0.15) is 13.2 Å². The molecule has 40 heavy (non-hydrogen) atoms. The van der Waals surface area contributed by atoms with Crippen LogP contribution >= 0.6 is 0 Å². The summed E-state index contributed by atoms with van der Waals surface area (Å²) in [6.45, 7) is 16.6. The number of nitrogens with two attached hydrogens (primary N) is 1. The van der Waals surface area contributed by atoms with Crippen LogP contribution in [-0.4, -0.2) is 65.1 Å². The Kier molecular flexibility index (Phi) is 11.7. The zero-order valence-electron chi connectivity index (χ0n) is 25.4. The first kappa shape index (κ1) is 35.0. The van der Waals surface area contributed by atoms with Crippen LogP contribution in [0.1, 0.15) is 65.0 Å². The van der Waals surface area contributed by atoms with Gasteiger partial charge in [-0.05, 0) is 65.3 Å². The minimum atomic E-state index is -4.61. The zero-order chi connectivity index (χ0) is 30.7. The second-order valence-corrected chi connectivity index (χ2v) is 20.5. The minimum Gasteiger partial charge on any atom is -0.598 e. The Balaban J connectivity index is 2.63. The van der Waals surface area contributed by atoms with E-state index in [1.807, 2.05) is 22.8 Å². The van der Waals surface area contributed by atoms with E-state index in [1.165, 1.54) is 6.92 Å². The molecule has 13 heteroatoms. The van der Waals surface area contributed by atoms with Gasteiger partial charge in [0.25, 0.3) is 0 Å². The minimum absolute atomic E-state index is 0.121. The lowest BCUT2D eigenvalue weighted by Gasteiger charge is -2.36. The zero-order valence-corrected chi connectivity index (χ0v) is 27.3. The molecule has 0 radical (unpaired) electrons. The van der Waals surface area contributed by atoms with E-state index in [9.17, 15) is 17.7 Å². The summed E-state index contributed by atoms with van der Waals surface area (Å²) in [5.41, 5.74) is 5.91. The van der Waals surface area contributed by atoms with Crippen molar-refractivity contribution in [2.75, 3.05) is 20.3 Å². The predicted octanol–water partition coefficient (Wildman–Crippen LogP) is 5.83. The van der Waals surface area contributed by atoms with Crippen LogP contribution in [0.15, 0.2) is 18.2 Å². The van der Waals surface area contributed by atoms with Gasteiger partial charge in [-0.15, -0.1) is 4.72 Å². The molecule has 2 rings (SSSR count). The highest BCUT2D eigenvalue weighted by Gasteiger charge is 2.51. The quantitative estimate of drug-likeness (QED) is 0.158. The average molecular weight is 609 g/mol. The first-order chi connectivity index (χ1) is 18.2. The van der Waals surface area contributed by atoms with Gasteiger partial charge in [0, 0.05) is 33.2 Å². The fourth-order valence-electron chi connectivity index (χ4n) is 3.83. The molecule has 0 spiro atoms. The van der Waals surface area contributed by atoms with Crippen LogP contribution in [0.4, 0.5) is 13.2 Å². The molecule has 8 nitrogen and oxygen atoms in total. The van der Waals surface area contributed by atoms with Crippen LogP contribution in [0.5, 0.6) is 0 Å². The van der Waals surface area contributed by atoms with Crippen LogP contribution in [0.2, 0.25) is 25.7 Å². The highest BCUT2D eigenvalue weighted by Crippen LogP contribution is 2.37. The van der Waals surface area contributed by atoms with Crippen molar-refractivity contribution in [1.29, 1.82) is 0 Å². The van der Waals surface area contributed by atoms with Crippen LogP contribution in [0, 0.1) is 0 Å². The largest absolute Gasteiger partial charge is 0.598 e. The average Bonchev–Trinajstić information content (AvgIpc) is 3.15. The molecule has 1 heterocycles. The molecule has 0 aliphatic rings. The fourth-order valence-corrected chi connectivity index (χ4v) is 5.47. The van der Waals surface area contributed by atoms with Gasteiger partial charge in [-0.25, -0.2) is 4.98 Å². The molecule has 3 N–H and O–H groups in total. The molecule has 0 bridgehead atoms. The summed E-state index contributed by atoms with van der Waals surface area (Å²) in [6.07, 6.45) is -5.67. The number of rotatable bonds is 14. The Bertz CT molecular complexity index is 1100. The van der Waals surface area contributed by atoms with Crippen molar-refractivity contribution in [3.05, 3.63) is 29.6 Å². The van der Waals surface area contributed by atoms with Gasteiger partial charge in [-0.3, -0.25) is 0 Å². The van der Waals surface area contributed by atoms with Crippen molar-refractivity contribution in [1.82, 2.24) is 14.3 Å². The number of halogens is 3. The monoisotopic (exact) mass is 608 g/mol. The molecule has 1 unspecified atom stereocenters. The van der Waals surface area contributed by atoms with E-state index in [0.717, 1.165) is 25.5 Å². The third kappa shape index (κ3) is 9.41. The number of aromatic nitrogens is 2. The number of benzene rings is 1. The second-order valence-electron chi connectivity index (χ2n) is 12.9. The van der Waals surface area contributed by atoms with Crippen LogP contribution in [0.3, 0.4) is 0 Å². The van der Waals surface area contributed by atoms with E-state index >= 15 is 0 Å². The maximum absolute atomic E-state index is 13.8. The maximum Gasteiger partial charge on any atom is 0.416 e. The van der Waals surface area contributed by atoms with Gasteiger partial charge < -0.3 is 29.1 Å². The molecule has 0 fully saturated rings. The number of imidazole rings is 1. The normalized spacial score (nSPS) is 16.8. The van der Waals surface area contributed by atoms with E-state index in [4.69, 9.17) is 24.9 Å². The molecule has 230 valence electrons. The summed E-state index contributed by atoms with van der Waals surface area (Å²) in [4.78, 5) is 4.83. The Morgan fingerprint density at radius 1 is 1.15 bits per heavy atom. The summed E-state index contributed by atoms with van der Waals surface area (Å²) in [6, 6.07) is 5.18. The topological polar surface area (TPSA) is 107 Å². The predicted molar refractivity (Wildman–Crippen MR) is 157 cm³/mol. The fraction of sp³-hybridized carbons (Fsp3) is 0.741. The number of alkyl halides is 3. The molecule has 0 saturated carbocycles. The van der Waals surface area contributed by atoms with E-state index < -0.39 is 48.1 Å². The molecule has 1 aromatic carbocycles. The highest BCUT2D eigenvalue weighted by molar-refractivity contribution is 7.90. The number of hydrogen-bond acceptors (Lipinski definition) is 7.